The predicted molar refractivity (Wildman–Crippen MR) is 45.7 cm³/mol. The van der Waals surface area contributed by atoms with Crippen molar-refractivity contribution in [3.8, 4) is 0 Å². The molecule has 58 valence electrons. The van der Waals surface area contributed by atoms with Crippen LogP contribution >= 0.6 is 0 Å². The first-order chi connectivity index (χ1) is 4.18. The average Bonchev–Trinajstić information content (AvgIpc) is 1.89. The third kappa shape index (κ3) is 31.1. The molecule has 0 aliphatic heterocycles. The molecule has 9 heavy (non-hydrogen) atoms. The van der Waals surface area contributed by atoms with Gasteiger partial charge in [-0.3, -0.25) is 0 Å². The van der Waals surface area contributed by atoms with Gasteiger partial charge in [-0.1, -0.05) is 19.4 Å². The Labute approximate surface area is 61.6 Å². The minimum Gasteiger partial charge on any atom is -0.303 e. The molecule has 0 saturated heterocycles. The van der Waals surface area contributed by atoms with Gasteiger partial charge in [-0.2, -0.15) is 5.06 Å². The molecule has 0 atom stereocenters. The van der Waals surface area contributed by atoms with E-state index in [1.807, 2.05) is 14.1 Å². The van der Waals surface area contributed by atoms with Crippen LogP contribution in [0.4, 0.5) is 0 Å². The van der Waals surface area contributed by atoms with E-state index in [-0.39, 0.29) is 0 Å². The Morgan fingerprint density at radius 3 is 1.67 bits per heavy atom. The fraction of sp³-hybridized carbons (Fsp3) is 1.00. The van der Waals surface area contributed by atoms with Crippen molar-refractivity contribution in [2.45, 2.75) is 19.4 Å². The summed E-state index contributed by atoms with van der Waals surface area (Å²) in [5, 5.41) is 1.62. The molecule has 0 amide bonds. The minimum absolute atomic E-state index is 1.38. The molecule has 2 nitrogen and oxygen atoms in total. The standard InChI is InChI=1S/C3H9NO.C3H10Si/c1-4(2)5-3;1-2-3-4/h1-3H3;2-3H2,1,4H3. The van der Waals surface area contributed by atoms with Crippen LogP contribution in [0, 0.1) is 0 Å². The molecule has 0 spiro atoms. The van der Waals surface area contributed by atoms with Crippen molar-refractivity contribution in [3.63, 3.8) is 0 Å². The number of hydrogen-bond donors (Lipinski definition) is 0. The SMILES string of the molecule is CCC[SiH3].CON(C)C. The van der Waals surface area contributed by atoms with Gasteiger partial charge in [0.2, 0.25) is 0 Å². The molecule has 0 bridgehead atoms. The highest BCUT2D eigenvalue weighted by Crippen LogP contribution is 1.73. The zero-order valence-electron chi connectivity index (χ0n) is 7.27. The molecule has 0 aromatic rings. The van der Waals surface area contributed by atoms with Crippen molar-refractivity contribution >= 4 is 10.2 Å². The van der Waals surface area contributed by atoms with Gasteiger partial charge in [-0.15, -0.1) is 0 Å². The third-order valence-corrected chi connectivity index (χ3v) is 1.87. The van der Waals surface area contributed by atoms with Gasteiger partial charge >= 0.3 is 0 Å². The van der Waals surface area contributed by atoms with Gasteiger partial charge < -0.3 is 4.84 Å². The fourth-order valence-electron chi connectivity index (χ4n) is 0. The van der Waals surface area contributed by atoms with Crippen LogP contribution in [0.5, 0.6) is 0 Å². The van der Waals surface area contributed by atoms with Crippen LogP contribution in [-0.2, 0) is 4.84 Å². The molecule has 0 N–H and O–H groups in total. The van der Waals surface area contributed by atoms with Crippen LogP contribution in [-0.4, -0.2) is 36.5 Å². The topological polar surface area (TPSA) is 12.5 Å². The maximum Gasteiger partial charge on any atom is 0.0574 e. The zero-order chi connectivity index (χ0) is 7.70. The second-order valence-electron chi connectivity index (χ2n) is 1.99. The number of nitrogens with zero attached hydrogens (tertiary/aromatic N) is 1. The molecule has 0 rings (SSSR count). The van der Waals surface area contributed by atoms with Gasteiger partial charge in [0.1, 0.15) is 0 Å². The molecule has 0 aromatic heterocycles. The number of hydrogen-bond acceptors (Lipinski definition) is 2. The Bertz CT molecular complexity index is 40.0. The van der Waals surface area contributed by atoms with E-state index in [0.29, 0.717) is 0 Å². The van der Waals surface area contributed by atoms with E-state index in [0.717, 1.165) is 0 Å². The lowest BCUT2D eigenvalue weighted by atomic mass is 10.6. The normalized spacial score (nSPS) is 9.00. The highest BCUT2D eigenvalue weighted by molar-refractivity contribution is 6.08. The summed E-state index contributed by atoms with van der Waals surface area (Å²) in [7, 11) is 6.68. The number of rotatable bonds is 2. The van der Waals surface area contributed by atoms with Crippen molar-refractivity contribution < 1.29 is 4.84 Å². The summed E-state index contributed by atoms with van der Waals surface area (Å²) in [4.78, 5) is 4.58. The molecule has 3 heteroatoms. The first-order valence-electron chi connectivity index (χ1n) is 3.40. The quantitative estimate of drug-likeness (QED) is 0.413. The Hall–Kier alpha value is 0.137. The van der Waals surface area contributed by atoms with Crippen LogP contribution in [0.25, 0.3) is 0 Å². The van der Waals surface area contributed by atoms with Gasteiger partial charge in [-0.25, -0.2) is 0 Å². The van der Waals surface area contributed by atoms with Gasteiger partial charge in [0.05, 0.1) is 7.11 Å². The molecule has 0 unspecified atom stereocenters. The maximum absolute atomic E-state index is 4.58. The van der Waals surface area contributed by atoms with E-state index in [1.165, 1.54) is 22.7 Å². The van der Waals surface area contributed by atoms with Crippen LogP contribution < -0.4 is 0 Å². The zero-order valence-corrected chi connectivity index (χ0v) is 9.27. The second-order valence-corrected chi connectivity index (χ2v) is 2.99. The first kappa shape index (κ1) is 11.9. The molecular formula is C6H19NOSi. The predicted octanol–water partition coefficient (Wildman–Crippen LogP) is 0.290. The van der Waals surface area contributed by atoms with E-state index in [2.05, 4.69) is 11.8 Å². The highest BCUT2D eigenvalue weighted by Gasteiger charge is 1.70. The van der Waals surface area contributed by atoms with Crippen LogP contribution in [0.2, 0.25) is 6.04 Å². The van der Waals surface area contributed by atoms with Crippen molar-refractivity contribution in [2.75, 3.05) is 21.2 Å². The average molecular weight is 149 g/mol. The molecule has 0 aliphatic carbocycles. The lowest BCUT2D eigenvalue weighted by Crippen LogP contribution is -2.07. The van der Waals surface area contributed by atoms with Crippen LogP contribution in [0.15, 0.2) is 0 Å². The fourth-order valence-corrected chi connectivity index (χ4v) is 0. The van der Waals surface area contributed by atoms with E-state index < -0.39 is 0 Å². The van der Waals surface area contributed by atoms with E-state index >= 15 is 0 Å². The lowest BCUT2D eigenvalue weighted by molar-refractivity contribution is -0.0855. The van der Waals surface area contributed by atoms with Gasteiger partial charge in [-0.05, 0) is 0 Å². The summed E-state index contributed by atoms with van der Waals surface area (Å²) in [6.45, 7) is 2.22. The Kier molecular flexibility index (Phi) is 14.5. The monoisotopic (exact) mass is 149 g/mol. The molecule has 0 heterocycles. The molecule has 0 fully saturated rings. The van der Waals surface area contributed by atoms with Gasteiger partial charge in [0.15, 0.2) is 0 Å². The summed E-state index contributed by atoms with van der Waals surface area (Å²) < 4.78 is 0. The molecule has 0 radical (unpaired) electrons. The molecule has 0 aromatic carbocycles. The van der Waals surface area contributed by atoms with Crippen molar-refractivity contribution in [3.05, 3.63) is 0 Å². The van der Waals surface area contributed by atoms with Crippen LogP contribution in [0.3, 0.4) is 0 Å². The highest BCUT2D eigenvalue weighted by atomic mass is 28.1. The van der Waals surface area contributed by atoms with Crippen molar-refractivity contribution in [1.29, 1.82) is 0 Å². The molecule has 0 saturated carbocycles. The van der Waals surface area contributed by atoms with Crippen LogP contribution in [0.1, 0.15) is 13.3 Å². The largest absolute Gasteiger partial charge is 0.303 e. The third-order valence-electron chi connectivity index (χ3n) is 0.865. The van der Waals surface area contributed by atoms with Gasteiger partial charge in [0, 0.05) is 24.3 Å². The Morgan fingerprint density at radius 2 is 1.67 bits per heavy atom. The Morgan fingerprint density at radius 1 is 1.44 bits per heavy atom. The van der Waals surface area contributed by atoms with Crippen molar-refractivity contribution in [1.82, 2.24) is 5.06 Å². The summed E-state index contributed by atoms with van der Waals surface area (Å²) >= 11 is 0. The van der Waals surface area contributed by atoms with E-state index in [1.54, 1.807) is 12.2 Å². The van der Waals surface area contributed by atoms with Crippen molar-refractivity contribution in [2.24, 2.45) is 0 Å². The summed E-state index contributed by atoms with van der Waals surface area (Å²) in [5.41, 5.74) is 0. The van der Waals surface area contributed by atoms with E-state index in [9.17, 15) is 0 Å². The lowest BCUT2D eigenvalue weighted by Gasteiger charge is -2.01. The summed E-state index contributed by atoms with van der Waals surface area (Å²) in [5.74, 6) is 0. The number of hydroxylamine groups is 2. The maximum atomic E-state index is 4.58. The molecule has 0 aliphatic rings. The minimum atomic E-state index is 1.38. The molecular weight excluding hydrogens is 130 g/mol. The first-order valence-corrected chi connectivity index (χ1v) is 4.81. The summed E-state index contributed by atoms with van der Waals surface area (Å²) in [6.07, 6.45) is 1.38. The van der Waals surface area contributed by atoms with E-state index in [4.69, 9.17) is 0 Å². The van der Waals surface area contributed by atoms with Gasteiger partial charge in [0.25, 0.3) is 0 Å². The second kappa shape index (κ2) is 11.0. The smallest absolute Gasteiger partial charge is 0.0574 e. The Balaban J connectivity index is 0. The summed E-state index contributed by atoms with van der Waals surface area (Å²) in [6, 6.07) is 1.46.